The maximum Gasteiger partial charge on any atom is 0.123 e. The van der Waals surface area contributed by atoms with Crippen LogP contribution in [0.15, 0.2) is 24.3 Å². The van der Waals surface area contributed by atoms with Gasteiger partial charge in [-0.15, -0.1) is 0 Å². The van der Waals surface area contributed by atoms with Crippen LogP contribution in [0.2, 0.25) is 0 Å². The predicted molar refractivity (Wildman–Crippen MR) is 51.2 cm³/mol. The van der Waals surface area contributed by atoms with Crippen molar-refractivity contribution in [1.29, 1.82) is 0 Å². The monoisotopic (exact) mass is 199 g/mol. The van der Waals surface area contributed by atoms with Gasteiger partial charge >= 0.3 is 0 Å². The second-order valence-electron chi connectivity index (χ2n) is 3.09. The third-order valence-electron chi connectivity index (χ3n) is 1.83. The van der Waals surface area contributed by atoms with Gasteiger partial charge in [-0.25, -0.2) is 4.39 Å². The van der Waals surface area contributed by atoms with Crippen LogP contribution in [-0.4, -0.2) is 29.5 Å². The Labute approximate surface area is 82.2 Å². The molecule has 0 aromatic heterocycles. The zero-order valence-corrected chi connectivity index (χ0v) is 7.78. The average Bonchev–Trinajstić information content (AvgIpc) is 2.21. The van der Waals surface area contributed by atoms with E-state index in [2.05, 4.69) is 5.32 Å². The standard InChI is InChI=1S/C10H14FNO2/c11-9-3-1-8(2-4-9)5-12-6-10(14)7-13/h1-4,10,12-14H,5-7H2/t10-/m0/s1. The van der Waals surface area contributed by atoms with Crippen molar-refractivity contribution >= 4 is 0 Å². The molecular formula is C10H14FNO2. The highest BCUT2D eigenvalue weighted by atomic mass is 19.1. The van der Waals surface area contributed by atoms with E-state index >= 15 is 0 Å². The van der Waals surface area contributed by atoms with E-state index in [0.717, 1.165) is 5.56 Å². The molecule has 14 heavy (non-hydrogen) atoms. The first-order chi connectivity index (χ1) is 6.72. The minimum Gasteiger partial charge on any atom is -0.394 e. The molecule has 78 valence electrons. The predicted octanol–water partition coefficient (Wildman–Crippen LogP) is 0.268. The lowest BCUT2D eigenvalue weighted by molar-refractivity contribution is 0.0942. The van der Waals surface area contributed by atoms with E-state index in [1.807, 2.05) is 0 Å². The molecule has 1 rings (SSSR count). The molecule has 0 aliphatic carbocycles. The first-order valence-corrected chi connectivity index (χ1v) is 4.46. The van der Waals surface area contributed by atoms with Crippen LogP contribution in [0.25, 0.3) is 0 Å². The summed E-state index contributed by atoms with van der Waals surface area (Å²) in [4.78, 5) is 0. The van der Waals surface area contributed by atoms with E-state index in [0.29, 0.717) is 13.1 Å². The zero-order valence-electron chi connectivity index (χ0n) is 7.78. The molecule has 0 fully saturated rings. The van der Waals surface area contributed by atoms with Crippen molar-refractivity contribution in [3.63, 3.8) is 0 Å². The molecule has 0 spiro atoms. The highest BCUT2D eigenvalue weighted by Crippen LogP contribution is 2.01. The lowest BCUT2D eigenvalue weighted by atomic mass is 10.2. The summed E-state index contributed by atoms with van der Waals surface area (Å²) in [5, 5.41) is 20.5. The Morgan fingerprint density at radius 3 is 2.50 bits per heavy atom. The third kappa shape index (κ3) is 3.83. The van der Waals surface area contributed by atoms with Crippen LogP contribution in [0, 0.1) is 5.82 Å². The fraction of sp³-hybridized carbons (Fsp3) is 0.400. The maximum absolute atomic E-state index is 12.5. The largest absolute Gasteiger partial charge is 0.394 e. The van der Waals surface area contributed by atoms with E-state index in [9.17, 15) is 4.39 Å². The number of halogens is 1. The van der Waals surface area contributed by atoms with Crippen molar-refractivity contribution in [2.75, 3.05) is 13.2 Å². The lowest BCUT2D eigenvalue weighted by Crippen LogP contribution is -2.28. The van der Waals surface area contributed by atoms with Crippen molar-refractivity contribution in [2.24, 2.45) is 0 Å². The molecule has 0 saturated carbocycles. The van der Waals surface area contributed by atoms with Crippen LogP contribution in [0.1, 0.15) is 5.56 Å². The van der Waals surface area contributed by atoms with E-state index < -0.39 is 6.10 Å². The van der Waals surface area contributed by atoms with Gasteiger partial charge in [0.15, 0.2) is 0 Å². The lowest BCUT2D eigenvalue weighted by Gasteiger charge is -2.08. The third-order valence-corrected chi connectivity index (χ3v) is 1.83. The van der Waals surface area contributed by atoms with Gasteiger partial charge in [-0.3, -0.25) is 0 Å². The number of rotatable bonds is 5. The Morgan fingerprint density at radius 1 is 1.29 bits per heavy atom. The van der Waals surface area contributed by atoms with Gasteiger partial charge in [-0.1, -0.05) is 12.1 Å². The molecule has 1 aromatic rings. The summed E-state index contributed by atoms with van der Waals surface area (Å²) in [6.07, 6.45) is -0.740. The summed E-state index contributed by atoms with van der Waals surface area (Å²) in [6, 6.07) is 6.13. The topological polar surface area (TPSA) is 52.5 Å². The summed E-state index contributed by atoms with van der Waals surface area (Å²) in [5.74, 6) is -0.260. The minimum atomic E-state index is -0.740. The Hall–Kier alpha value is -0.970. The van der Waals surface area contributed by atoms with Gasteiger partial charge in [0.05, 0.1) is 12.7 Å². The number of hydrogen-bond acceptors (Lipinski definition) is 3. The van der Waals surface area contributed by atoms with Crippen molar-refractivity contribution in [1.82, 2.24) is 5.32 Å². The number of benzene rings is 1. The van der Waals surface area contributed by atoms with Gasteiger partial charge in [-0.05, 0) is 17.7 Å². The fourth-order valence-electron chi connectivity index (χ4n) is 1.05. The van der Waals surface area contributed by atoms with Crippen LogP contribution in [0.5, 0.6) is 0 Å². The van der Waals surface area contributed by atoms with E-state index in [1.165, 1.54) is 12.1 Å². The van der Waals surface area contributed by atoms with Crippen LogP contribution < -0.4 is 5.32 Å². The average molecular weight is 199 g/mol. The van der Waals surface area contributed by atoms with E-state index in [-0.39, 0.29) is 12.4 Å². The molecule has 0 aliphatic heterocycles. The van der Waals surface area contributed by atoms with E-state index in [4.69, 9.17) is 10.2 Å². The quantitative estimate of drug-likeness (QED) is 0.638. The summed E-state index contributed by atoms with van der Waals surface area (Å²) in [5.41, 5.74) is 0.941. The summed E-state index contributed by atoms with van der Waals surface area (Å²) in [7, 11) is 0. The van der Waals surface area contributed by atoms with Crippen LogP contribution in [-0.2, 0) is 6.54 Å². The number of hydrogen-bond donors (Lipinski definition) is 3. The minimum absolute atomic E-state index is 0.254. The SMILES string of the molecule is OC[C@@H](O)CNCc1ccc(F)cc1. The molecule has 1 aromatic carbocycles. The normalized spacial score (nSPS) is 12.8. The van der Waals surface area contributed by atoms with Crippen molar-refractivity contribution in [2.45, 2.75) is 12.6 Å². The number of nitrogens with one attached hydrogen (secondary N) is 1. The molecular weight excluding hydrogens is 185 g/mol. The van der Waals surface area contributed by atoms with Crippen molar-refractivity contribution in [3.8, 4) is 0 Å². The summed E-state index contributed by atoms with van der Waals surface area (Å²) >= 11 is 0. The van der Waals surface area contributed by atoms with Gasteiger partial charge in [0.25, 0.3) is 0 Å². The molecule has 0 radical (unpaired) electrons. The number of aliphatic hydroxyl groups excluding tert-OH is 2. The first kappa shape index (κ1) is 11.1. The molecule has 0 aliphatic rings. The molecule has 3 N–H and O–H groups in total. The van der Waals surface area contributed by atoms with Gasteiger partial charge in [0.2, 0.25) is 0 Å². The molecule has 0 saturated heterocycles. The molecule has 4 heteroatoms. The molecule has 0 heterocycles. The maximum atomic E-state index is 12.5. The zero-order chi connectivity index (χ0) is 10.4. The van der Waals surface area contributed by atoms with Crippen LogP contribution >= 0.6 is 0 Å². The molecule has 1 atom stereocenters. The first-order valence-electron chi connectivity index (χ1n) is 4.46. The molecule has 0 unspecified atom stereocenters. The Kier molecular flexibility index (Phi) is 4.52. The second-order valence-corrected chi connectivity index (χ2v) is 3.09. The molecule has 0 bridgehead atoms. The fourth-order valence-corrected chi connectivity index (χ4v) is 1.05. The molecule has 0 amide bonds. The Morgan fingerprint density at radius 2 is 1.93 bits per heavy atom. The van der Waals surface area contributed by atoms with Gasteiger partial charge in [0, 0.05) is 13.1 Å². The van der Waals surface area contributed by atoms with Gasteiger partial charge in [0.1, 0.15) is 5.82 Å². The van der Waals surface area contributed by atoms with Crippen molar-refractivity contribution in [3.05, 3.63) is 35.6 Å². The highest BCUT2D eigenvalue weighted by Gasteiger charge is 2.00. The smallest absolute Gasteiger partial charge is 0.123 e. The van der Waals surface area contributed by atoms with Crippen LogP contribution in [0.4, 0.5) is 4.39 Å². The van der Waals surface area contributed by atoms with Crippen LogP contribution in [0.3, 0.4) is 0 Å². The van der Waals surface area contributed by atoms with Gasteiger partial charge in [-0.2, -0.15) is 0 Å². The van der Waals surface area contributed by atoms with Gasteiger partial charge < -0.3 is 15.5 Å². The van der Waals surface area contributed by atoms with Crippen molar-refractivity contribution < 1.29 is 14.6 Å². The second kappa shape index (κ2) is 5.70. The Balaban J connectivity index is 2.28. The van der Waals surface area contributed by atoms with E-state index in [1.54, 1.807) is 12.1 Å². The number of aliphatic hydroxyl groups is 2. The Bertz CT molecular complexity index is 263. The highest BCUT2D eigenvalue weighted by molar-refractivity contribution is 5.15. The molecule has 3 nitrogen and oxygen atoms in total. The summed E-state index contributed by atoms with van der Waals surface area (Å²) in [6.45, 7) is 0.627. The summed E-state index contributed by atoms with van der Waals surface area (Å²) < 4.78 is 12.5.